The zero-order chi connectivity index (χ0) is 35.6. The Kier molecular flexibility index (Phi) is 14.9. The summed E-state index contributed by atoms with van der Waals surface area (Å²) in [6.45, 7) is 16.2. The summed E-state index contributed by atoms with van der Waals surface area (Å²) < 4.78 is 20.0. The highest BCUT2D eigenvalue weighted by Gasteiger charge is 2.39. The minimum absolute atomic E-state index is 0.0502. The zero-order valence-corrected chi connectivity index (χ0v) is 28.6. The molecular formula is C30H50N4O12. The Morgan fingerprint density at radius 1 is 0.696 bits per heavy atom. The number of aliphatic hydroxyl groups excluding tert-OH is 1. The molecule has 4 amide bonds. The van der Waals surface area contributed by atoms with Crippen molar-refractivity contribution >= 4 is 42.2 Å². The van der Waals surface area contributed by atoms with Crippen molar-refractivity contribution in [2.45, 2.75) is 105 Å². The molecule has 2 rings (SSSR count). The number of nitrogens with zero attached hydrogens (tertiary/aromatic N) is 4. The number of aliphatic hydroxyl groups is 1. The number of rotatable bonds is 6. The smallest absolute Gasteiger partial charge is 0.410 e. The molecule has 2 aliphatic rings. The number of piperazine rings is 2. The van der Waals surface area contributed by atoms with E-state index < -0.39 is 71.9 Å². The molecule has 0 aromatic rings. The Labute approximate surface area is 270 Å². The van der Waals surface area contributed by atoms with Crippen LogP contribution in [0.25, 0.3) is 0 Å². The molecule has 0 bridgehead atoms. The summed E-state index contributed by atoms with van der Waals surface area (Å²) in [6.07, 6.45) is -0.392. The third-order valence-corrected chi connectivity index (χ3v) is 6.55. The lowest BCUT2D eigenvalue weighted by Gasteiger charge is -2.44. The van der Waals surface area contributed by atoms with Crippen LogP contribution in [-0.4, -0.2) is 148 Å². The highest BCUT2D eigenvalue weighted by atomic mass is 16.6. The normalized spacial score (nSPS) is 21.7. The topological polar surface area (TPSA) is 190 Å². The fraction of sp³-hybridized carbons (Fsp3) is 0.767. The summed E-state index contributed by atoms with van der Waals surface area (Å²) in [4.78, 5) is 87.3. The summed E-state index contributed by atoms with van der Waals surface area (Å²) in [5, 5.41) is 9.56. The summed E-state index contributed by atoms with van der Waals surface area (Å²) in [6, 6.07) is -2.07. The largest absolute Gasteiger partial charge is 0.456 e. The predicted molar refractivity (Wildman–Crippen MR) is 162 cm³/mol. The lowest BCUT2D eigenvalue weighted by Crippen LogP contribution is -2.62. The number of hydrogen-bond acceptors (Lipinski definition) is 12. The molecule has 0 radical (unpaired) electrons. The SMILES string of the molecule is CC(=O)OCC(=O)N1[C@@H](C)CN(C(=O)OC(C)(C)C)C[C@@H]1C=O.CC(=O)OCC(=O)N1[C@@H](CO)CN(C(=O)OC(C)(C)C)C[C@@H]1C. The van der Waals surface area contributed by atoms with Crippen LogP contribution in [0.3, 0.4) is 0 Å². The average molecular weight is 659 g/mol. The van der Waals surface area contributed by atoms with Gasteiger partial charge in [-0.3, -0.25) is 19.2 Å². The Hall–Kier alpha value is -3.95. The van der Waals surface area contributed by atoms with Gasteiger partial charge in [-0.15, -0.1) is 0 Å². The molecule has 0 spiro atoms. The van der Waals surface area contributed by atoms with Gasteiger partial charge in [0.2, 0.25) is 0 Å². The monoisotopic (exact) mass is 658 g/mol. The first-order valence-corrected chi connectivity index (χ1v) is 15.0. The second-order valence-corrected chi connectivity index (χ2v) is 13.2. The van der Waals surface area contributed by atoms with Gasteiger partial charge < -0.3 is 48.4 Å². The summed E-state index contributed by atoms with van der Waals surface area (Å²) in [5.41, 5.74) is -1.25. The lowest BCUT2D eigenvalue weighted by molar-refractivity contribution is -0.155. The van der Waals surface area contributed by atoms with E-state index >= 15 is 0 Å². The van der Waals surface area contributed by atoms with Crippen molar-refractivity contribution in [2.75, 3.05) is 46.0 Å². The van der Waals surface area contributed by atoms with E-state index in [1.807, 2.05) is 0 Å². The van der Waals surface area contributed by atoms with Crippen molar-refractivity contribution in [1.29, 1.82) is 0 Å². The van der Waals surface area contributed by atoms with Crippen LogP contribution >= 0.6 is 0 Å². The van der Waals surface area contributed by atoms with Crippen LogP contribution in [0.4, 0.5) is 9.59 Å². The van der Waals surface area contributed by atoms with Crippen molar-refractivity contribution in [2.24, 2.45) is 0 Å². The van der Waals surface area contributed by atoms with E-state index in [1.54, 1.807) is 55.4 Å². The maximum Gasteiger partial charge on any atom is 0.410 e. The van der Waals surface area contributed by atoms with Crippen LogP contribution < -0.4 is 0 Å². The van der Waals surface area contributed by atoms with Gasteiger partial charge in [-0.2, -0.15) is 0 Å². The van der Waals surface area contributed by atoms with Gasteiger partial charge in [0.25, 0.3) is 11.8 Å². The average Bonchev–Trinajstić information content (AvgIpc) is 2.92. The van der Waals surface area contributed by atoms with Gasteiger partial charge in [0.05, 0.1) is 19.2 Å². The molecule has 0 unspecified atom stereocenters. The van der Waals surface area contributed by atoms with Crippen LogP contribution in [-0.2, 0) is 42.9 Å². The fourth-order valence-corrected chi connectivity index (χ4v) is 4.87. The maximum atomic E-state index is 12.2. The number of ether oxygens (including phenoxy) is 4. The molecule has 2 heterocycles. The zero-order valence-electron chi connectivity index (χ0n) is 28.6. The van der Waals surface area contributed by atoms with Gasteiger partial charge in [0.1, 0.15) is 23.5 Å². The number of esters is 2. The van der Waals surface area contributed by atoms with Gasteiger partial charge >= 0.3 is 24.1 Å². The van der Waals surface area contributed by atoms with Crippen LogP contribution in [0.2, 0.25) is 0 Å². The molecule has 2 aliphatic heterocycles. The van der Waals surface area contributed by atoms with Crippen LogP contribution in [0.1, 0.15) is 69.2 Å². The molecule has 0 aromatic heterocycles. The van der Waals surface area contributed by atoms with Crippen molar-refractivity contribution in [3.63, 3.8) is 0 Å². The lowest BCUT2D eigenvalue weighted by atomic mass is 10.1. The number of carbonyl (C=O) groups is 7. The van der Waals surface area contributed by atoms with Gasteiger partial charge in [-0.05, 0) is 55.4 Å². The number of amides is 4. The fourth-order valence-electron chi connectivity index (χ4n) is 4.87. The van der Waals surface area contributed by atoms with E-state index in [1.165, 1.54) is 33.4 Å². The summed E-state index contributed by atoms with van der Waals surface area (Å²) in [5.74, 6) is -1.97. The molecule has 0 saturated carbocycles. The highest BCUT2D eigenvalue weighted by Crippen LogP contribution is 2.20. The van der Waals surface area contributed by atoms with E-state index in [0.717, 1.165) is 0 Å². The molecule has 2 fully saturated rings. The molecule has 16 nitrogen and oxygen atoms in total. The number of aldehydes is 1. The van der Waals surface area contributed by atoms with Crippen molar-refractivity contribution < 1.29 is 57.6 Å². The molecule has 1 N–H and O–H groups in total. The number of carbonyl (C=O) groups excluding carboxylic acids is 7. The summed E-state index contributed by atoms with van der Waals surface area (Å²) >= 11 is 0. The standard InChI is InChI=1S/C15H26N2O6.C15H24N2O6/c2*1-10-6-16(14(21)23-15(3,4)5)7-12(8-18)17(10)13(20)9-22-11(2)19/h10,12,18H,6-9H2,1-5H3;8,10,12H,6-7,9H2,1-5H3/t2*10-,12+/m00/s1. The Bertz CT molecular complexity index is 1120. The van der Waals surface area contributed by atoms with Crippen molar-refractivity contribution in [3.8, 4) is 0 Å². The Balaban J connectivity index is 0.000000460. The van der Waals surface area contributed by atoms with E-state index in [4.69, 9.17) is 14.2 Å². The van der Waals surface area contributed by atoms with Gasteiger partial charge in [0, 0.05) is 45.6 Å². The Morgan fingerprint density at radius 2 is 1.09 bits per heavy atom. The van der Waals surface area contributed by atoms with Crippen LogP contribution in [0, 0.1) is 0 Å². The first-order chi connectivity index (χ1) is 21.1. The van der Waals surface area contributed by atoms with Crippen LogP contribution in [0.5, 0.6) is 0 Å². The molecule has 16 heteroatoms. The third kappa shape index (κ3) is 13.2. The minimum Gasteiger partial charge on any atom is -0.456 e. The van der Waals surface area contributed by atoms with Gasteiger partial charge in [-0.1, -0.05) is 0 Å². The van der Waals surface area contributed by atoms with E-state index in [0.29, 0.717) is 6.29 Å². The van der Waals surface area contributed by atoms with Gasteiger partial charge in [-0.25, -0.2) is 9.59 Å². The van der Waals surface area contributed by atoms with Crippen molar-refractivity contribution in [1.82, 2.24) is 19.6 Å². The maximum absolute atomic E-state index is 12.2. The molecule has 0 aromatic carbocycles. The molecule has 4 atom stereocenters. The molecular weight excluding hydrogens is 608 g/mol. The first kappa shape index (κ1) is 40.1. The second-order valence-electron chi connectivity index (χ2n) is 13.2. The molecule has 0 aliphatic carbocycles. The highest BCUT2D eigenvalue weighted by molar-refractivity contribution is 5.84. The molecule has 46 heavy (non-hydrogen) atoms. The Morgan fingerprint density at radius 3 is 1.46 bits per heavy atom. The molecule has 2 saturated heterocycles. The van der Waals surface area contributed by atoms with Crippen molar-refractivity contribution in [3.05, 3.63) is 0 Å². The number of hydrogen-bond donors (Lipinski definition) is 1. The van der Waals surface area contributed by atoms with Crippen LogP contribution in [0.15, 0.2) is 0 Å². The quantitative estimate of drug-likeness (QED) is 0.242. The van der Waals surface area contributed by atoms with E-state index in [9.17, 15) is 38.7 Å². The van der Waals surface area contributed by atoms with E-state index in [2.05, 4.69) is 4.74 Å². The molecule has 262 valence electrons. The van der Waals surface area contributed by atoms with E-state index in [-0.39, 0.29) is 45.4 Å². The first-order valence-electron chi connectivity index (χ1n) is 15.0. The third-order valence-electron chi connectivity index (χ3n) is 6.55. The predicted octanol–water partition coefficient (Wildman–Crippen LogP) is 0.963. The minimum atomic E-state index is -0.797. The summed E-state index contributed by atoms with van der Waals surface area (Å²) in [7, 11) is 0. The second kappa shape index (κ2) is 17.1. The van der Waals surface area contributed by atoms with Gasteiger partial charge in [0.15, 0.2) is 13.2 Å².